The molecule has 3 amide bonds. The average Bonchev–Trinajstić information content (AvgIpc) is 2.93. The highest BCUT2D eigenvalue weighted by Gasteiger charge is 2.34. The summed E-state index contributed by atoms with van der Waals surface area (Å²) in [6.45, 7) is 12.9. The van der Waals surface area contributed by atoms with Gasteiger partial charge in [0.25, 0.3) is 5.91 Å². The maximum atomic E-state index is 13.5. The van der Waals surface area contributed by atoms with Crippen molar-refractivity contribution in [2.24, 2.45) is 11.3 Å². The summed E-state index contributed by atoms with van der Waals surface area (Å²) in [7, 11) is 1.78. The van der Waals surface area contributed by atoms with Crippen LogP contribution in [0.2, 0.25) is 0 Å². The topological polar surface area (TPSA) is 107 Å². The van der Waals surface area contributed by atoms with E-state index in [9.17, 15) is 14.4 Å². The van der Waals surface area contributed by atoms with E-state index >= 15 is 0 Å². The fourth-order valence-electron chi connectivity index (χ4n) is 5.23. The van der Waals surface area contributed by atoms with Gasteiger partial charge in [0, 0.05) is 25.5 Å². The molecule has 40 heavy (non-hydrogen) atoms. The van der Waals surface area contributed by atoms with E-state index in [0.717, 1.165) is 22.2 Å². The fraction of sp³-hybridized carbons (Fsp3) is 0.548. The summed E-state index contributed by atoms with van der Waals surface area (Å²) in [4.78, 5) is 46.7. The number of nitrogens with zero attached hydrogens (tertiary/aromatic N) is 3. The molecule has 0 aliphatic carbocycles. The lowest BCUT2D eigenvalue weighted by molar-refractivity contribution is -0.146. The monoisotopic (exact) mass is 548 g/mol. The fourth-order valence-corrected chi connectivity index (χ4v) is 5.23. The lowest BCUT2D eigenvalue weighted by Gasteiger charge is -2.37. The van der Waals surface area contributed by atoms with Crippen molar-refractivity contribution in [2.75, 3.05) is 20.1 Å². The zero-order chi connectivity index (χ0) is 29.2. The Balaban J connectivity index is 1.70. The maximum Gasteiger partial charge on any atom is 0.258 e. The van der Waals surface area contributed by atoms with Gasteiger partial charge in [-0.25, -0.2) is 5.43 Å². The van der Waals surface area contributed by atoms with E-state index in [4.69, 9.17) is 4.98 Å². The normalized spacial score (nSPS) is 27.6. The number of hydrogen-bond donors (Lipinski definition) is 3. The molecular weight excluding hydrogens is 504 g/mol. The van der Waals surface area contributed by atoms with Gasteiger partial charge in [-0.1, -0.05) is 58.0 Å². The second kappa shape index (κ2) is 12.1. The molecule has 3 N–H and O–H groups in total. The number of rotatable bonds is 1. The number of nitrogens with one attached hydrogen (secondary N) is 3. The molecule has 9 heteroatoms. The number of fused-ring (bicyclic) bond motifs is 4. The number of carbonyl (C=O) groups is 3. The van der Waals surface area contributed by atoms with Gasteiger partial charge in [0.15, 0.2) is 0 Å². The minimum absolute atomic E-state index is 0.0251. The first-order chi connectivity index (χ1) is 18.9. The molecule has 1 saturated heterocycles. The molecular formula is C31H44N6O3. The molecule has 216 valence electrons. The zero-order valence-electron chi connectivity index (χ0n) is 24.8. The molecule has 5 bridgehead atoms. The Morgan fingerprint density at radius 1 is 1.05 bits per heavy atom. The molecule has 0 spiro atoms. The summed E-state index contributed by atoms with van der Waals surface area (Å²) >= 11 is 0. The quantitative estimate of drug-likeness (QED) is 0.504. The van der Waals surface area contributed by atoms with Crippen LogP contribution in [0, 0.1) is 11.3 Å². The second-order valence-electron chi connectivity index (χ2n) is 12.3. The van der Waals surface area contributed by atoms with Crippen molar-refractivity contribution >= 4 is 34.7 Å². The molecule has 4 atom stereocenters. The van der Waals surface area contributed by atoms with E-state index in [2.05, 4.69) is 60.3 Å². The molecule has 2 aromatic rings. The van der Waals surface area contributed by atoms with Crippen LogP contribution in [-0.2, 0) is 14.4 Å². The van der Waals surface area contributed by atoms with Crippen molar-refractivity contribution in [1.82, 2.24) is 31.0 Å². The van der Waals surface area contributed by atoms with Gasteiger partial charge < -0.3 is 15.5 Å². The van der Waals surface area contributed by atoms with Crippen molar-refractivity contribution in [3.63, 3.8) is 0 Å². The molecule has 4 rings (SSSR count). The minimum Gasteiger partial charge on any atom is -0.343 e. The lowest BCUT2D eigenvalue weighted by atomic mass is 9.90. The first-order valence-electron chi connectivity index (χ1n) is 14.3. The van der Waals surface area contributed by atoms with Crippen LogP contribution in [0.4, 0.5) is 0 Å². The standard InChI is InChI=1S/C31H44N6O3/c1-19(2)27-28(38)33-20(3)29(39)37-16-8-9-25(35-37)30(40)36(7)21(4)24-13-12-23-11-10-22(17-26(23)34-24)14-15-31(5,6)18-32-27/h10-15,17,19-21,25,27,32,35H,8-9,16,18H2,1-7H3,(H,33,38)/b15-14+/t20-,21+,25-,27-/m0/s1. The van der Waals surface area contributed by atoms with Crippen LogP contribution in [0.3, 0.4) is 0 Å². The third-order valence-electron chi connectivity index (χ3n) is 8.03. The van der Waals surface area contributed by atoms with Gasteiger partial charge >= 0.3 is 0 Å². The summed E-state index contributed by atoms with van der Waals surface area (Å²) < 4.78 is 0. The van der Waals surface area contributed by atoms with Crippen LogP contribution in [-0.4, -0.2) is 70.9 Å². The van der Waals surface area contributed by atoms with Crippen LogP contribution in [0.15, 0.2) is 36.4 Å². The molecule has 2 aliphatic heterocycles. The summed E-state index contributed by atoms with van der Waals surface area (Å²) in [5.41, 5.74) is 5.61. The van der Waals surface area contributed by atoms with Gasteiger partial charge in [0.05, 0.1) is 23.3 Å². The first-order valence-corrected chi connectivity index (χ1v) is 14.3. The molecule has 9 nitrogen and oxygen atoms in total. The molecule has 0 unspecified atom stereocenters. The highest BCUT2D eigenvalue weighted by Crippen LogP contribution is 2.25. The number of hydrazine groups is 1. The van der Waals surface area contributed by atoms with E-state index in [1.165, 1.54) is 5.01 Å². The van der Waals surface area contributed by atoms with Crippen molar-refractivity contribution in [3.8, 4) is 0 Å². The van der Waals surface area contributed by atoms with E-state index < -0.39 is 18.1 Å². The first kappa shape index (κ1) is 29.7. The largest absolute Gasteiger partial charge is 0.343 e. The van der Waals surface area contributed by atoms with Crippen LogP contribution < -0.4 is 16.1 Å². The highest BCUT2D eigenvalue weighted by molar-refractivity contribution is 5.90. The van der Waals surface area contributed by atoms with Gasteiger partial charge in [-0.15, -0.1) is 0 Å². The average molecular weight is 549 g/mol. The van der Waals surface area contributed by atoms with Gasteiger partial charge in [-0.3, -0.25) is 24.4 Å². The van der Waals surface area contributed by atoms with Gasteiger partial charge in [0.1, 0.15) is 12.1 Å². The second-order valence-corrected chi connectivity index (χ2v) is 12.3. The molecule has 0 radical (unpaired) electrons. The number of benzene rings is 1. The van der Waals surface area contributed by atoms with Crippen molar-refractivity contribution < 1.29 is 14.4 Å². The molecule has 2 aliphatic rings. The Hall–Kier alpha value is -3.30. The summed E-state index contributed by atoms with van der Waals surface area (Å²) in [6, 6.07) is 8.22. The van der Waals surface area contributed by atoms with Crippen LogP contribution in [0.25, 0.3) is 17.0 Å². The predicted octanol–water partition coefficient (Wildman–Crippen LogP) is 3.42. The van der Waals surface area contributed by atoms with Gasteiger partial charge in [0.2, 0.25) is 11.8 Å². The van der Waals surface area contributed by atoms with Crippen molar-refractivity contribution in [2.45, 2.75) is 78.6 Å². The number of aromatic nitrogens is 1. The third kappa shape index (κ3) is 6.70. The SMILES string of the molecule is CC(C)[C@@H]1NCC(C)(C)/C=C/c2ccc3ccc(nc3c2)[C@@H](C)N(C)C(=O)[C@@H]2CCCN(N2)C(=O)[C@H](C)NC1=O. The lowest BCUT2D eigenvalue weighted by Crippen LogP contribution is -2.62. The minimum atomic E-state index is -0.738. The van der Waals surface area contributed by atoms with Gasteiger partial charge in [-0.2, -0.15) is 0 Å². The third-order valence-corrected chi connectivity index (χ3v) is 8.03. The van der Waals surface area contributed by atoms with Crippen LogP contribution in [0.1, 0.15) is 71.7 Å². The van der Waals surface area contributed by atoms with Crippen molar-refractivity contribution in [3.05, 3.63) is 47.7 Å². The van der Waals surface area contributed by atoms with Crippen molar-refractivity contribution in [1.29, 1.82) is 0 Å². The summed E-state index contributed by atoms with van der Waals surface area (Å²) in [5.74, 6) is -0.547. The summed E-state index contributed by atoms with van der Waals surface area (Å²) in [6.07, 6.45) is 5.54. The number of likely N-dealkylation sites (N-methyl/N-ethyl adjacent to an activating group) is 1. The summed E-state index contributed by atoms with van der Waals surface area (Å²) in [5, 5.41) is 8.85. The number of amides is 3. The maximum absolute atomic E-state index is 13.5. The Labute approximate surface area is 237 Å². The highest BCUT2D eigenvalue weighted by atomic mass is 16.2. The Kier molecular flexibility index (Phi) is 8.95. The number of pyridine rings is 1. The Bertz CT molecular complexity index is 1290. The van der Waals surface area contributed by atoms with Crippen LogP contribution >= 0.6 is 0 Å². The van der Waals surface area contributed by atoms with Gasteiger partial charge in [-0.05, 0) is 55.7 Å². The molecule has 1 aromatic heterocycles. The Morgan fingerprint density at radius 2 is 1.77 bits per heavy atom. The number of hydrogen-bond acceptors (Lipinski definition) is 6. The van der Waals surface area contributed by atoms with E-state index in [1.54, 1.807) is 18.9 Å². The zero-order valence-corrected chi connectivity index (χ0v) is 24.8. The van der Waals surface area contributed by atoms with Crippen LogP contribution in [0.5, 0.6) is 0 Å². The van der Waals surface area contributed by atoms with E-state index in [0.29, 0.717) is 25.9 Å². The number of carbonyl (C=O) groups excluding carboxylic acids is 3. The Morgan fingerprint density at radius 3 is 2.50 bits per heavy atom. The smallest absolute Gasteiger partial charge is 0.258 e. The van der Waals surface area contributed by atoms with E-state index in [1.807, 2.05) is 32.9 Å². The molecule has 1 fully saturated rings. The molecule has 0 saturated carbocycles. The predicted molar refractivity (Wildman–Crippen MR) is 158 cm³/mol. The van der Waals surface area contributed by atoms with E-state index in [-0.39, 0.29) is 35.1 Å². The molecule has 1 aromatic carbocycles. The molecule has 3 heterocycles.